The number of nitrogens with one attached hydrogen (secondary N) is 1. The van der Waals surface area contributed by atoms with Crippen LogP contribution in [0.25, 0.3) is 0 Å². The maximum absolute atomic E-state index is 12.1. The van der Waals surface area contributed by atoms with Gasteiger partial charge in [0.15, 0.2) is 5.03 Å². The van der Waals surface area contributed by atoms with Crippen molar-refractivity contribution >= 4 is 28.3 Å². The van der Waals surface area contributed by atoms with Crippen LogP contribution in [0.2, 0.25) is 0 Å². The Kier molecular flexibility index (Phi) is 6.19. The minimum absolute atomic E-state index is 0. The summed E-state index contributed by atoms with van der Waals surface area (Å²) in [4.78, 5) is 17.7. The number of sulfonamides is 1. The van der Waals surface area contributed by atoms with Crippen LogP contribution in [0.5, 0.6) is 0 Å². The fourth-order valence-electron chi connectivity index (χ4n) is 2.40. The lowest BCUT2D eigenvalue weighted by atomic mass is 9.90. The molecule has 1 aliphatic heterocycles. The predicted octanol–water partition coefficient (Wildman–Crippen LogP) is -0.374. The first-order chi connectivity index (χ1) is 10.2. The highest BCUT2D eigenvalue weighted by molar-refractivity contribution is 7.89. The van der Waals surface area contributed by atoms with Gasteiger partial charge in [-0.15, -0.1) is 12.4 Å². The number of nitrogens with zero attached hydrogens (tertiary/aromatic N) is 3. The molecule has 2 rings (SSSR count). The summed E-state index contributed by atoms with van der Waals surface area (Å²) in [6.45, 7) is 5.15. The predicted molar refractivity (Wildman–Crippen MR) is 88.7 cm³/mol. The molecule has 1 fully saturated rings. The number of aromatic nitrogens is 2. The van der Waals surface area contributed by atoms with Crippen molar-refractivity contribution in [1.82, 2.24) is 19.2 Å². The molecule has 1 saturated heterocycles. The first-order valence-electron chi connectivity index (χ1n) is 7.14. The van der Waals surface area contributed by atoms with Crippen molar-refractivity contribution < 1.29 is 13.2 Å². The standard InChI is InChI=1S/C13H23N5O3S.ClH/c1-10-16-11(7-17(10)3)22(20,21)15-6-12(19)18-5-4-13(2,8-14)9-18;/h7,15H,4-6,8-9,14H2,1-3H3;1H. The monoisotopic (exact) mass is 365 g/mol. The maximum Gasteiger partial charge on any atom is 0.260 e. The van der Waals surface area contributed by atoms with E-state index in [1.54, 1.807) is 23.4 Å². The van der Waals surface area contributed by atoms with E-state index in [4.69, 9.17) is 5.73 Å². The van der Waals surface area contributed by atoms with Crippen molar-refractivity contribution in [2.75, 3.05) is 26.2 Å². The van der Waals surface area contributed by atoms with Crippen molar-refractivity contribution in [2.24, 2.45) is 18.2 Å². The Morgan fingerprint density at radius 2 is 2.17 bits per heavy atom. The van der Waals surface area contributed by atoms with Crippen molar-refractivity contribution in [3.8, 4) is 0 Å². The van der Waals surface area contributed by atoms with Crippen molar-refractivity contribution in [3.63, 3.8) is 0 Å². The Bertz CT molecular complexity index is 656. The molecule has 1 aliphatic rings. The van der Waals surface area contributed by atoms with E-state index in [9.17, 15) is 13.2 Å². The summed E-state index contributed by atoms with van der Waals surface area (Å²) < 4.78 is 28.2. The third-order valence-electron chi connectivity index (χ3n) is 4.18. The van der Waals surface area contributed by atoms with Crippen LogP contribution in [0, 0.1) is 12.3 Å². The van der Waals surface area contributed by atoms with Gasteiger partial charge in [0.2, 0.25) is 5.91 Å². The molecule has 1 aromatic heterocycles. The zero-order valence-electron chi connectivity index (χ0n) is 13.6. The number of amides is 1. The fourth-order valence-corrected chi connectivity index (χ4v) is 3.41. The van der Waals surface area contributed by atoms with Crippen molar-refractivity contribution in [3.05, 3.63) is 12.0 Å². The molecule has 0 bridgehead atoms. The molecule has 1 atom stereocenters. The molecule has 0 radical (unpaired) electrons. The zero-order valence-corrected chi connectivity index (χ0v) is 15.2. The molecule has 0 aromatic carbocycles. The van der Waals surface area contributed by atoms with Crippen LogP contribution in [0.15, 0.2) is 11.2 Å². The lowest BCUT2D eigenvalue weighted by Gasteiger charge is -2.22. The smallest absolute Gasteiger partial charge is 0.260 e. The van der Waals surface area contributed by atoms with Gasteiger partial charge < -0.3 is 15.2 Å². The number of carbonyl (C=O) groups excluding carboxylic acids is 1. The first kappa shape index (κ1) is 19.9. The molecule has 10 heteroatoms. The summed E-state index contributed by atoms with van der Waals surface area (Å²) in [5.74, 6) is 0.346. The second-order valence-electron chi connectivity index (χ2n) is 6.14. The van der Waals surface area contributed by atoms with Gasteiger partial charge in [-0.3, -0.25) is 4.79 Å². The molecule has 0 saturated carbocycles. The van der Waals surface area contributed by atoms with E-state index in [1.165, 1.54) is 6.20 Å². The van der Waals surface area contributed by atoms with E-state index < -0.39 is 10.0 Å². The normalized spacial score (nSPS) is 21.3. The van der Waals surface area contributed by atoms with E-state index in [-0.39, 0.29) is 35.3 Å². The van der Waals surface area contributed by atoms with Crippen LogP contribution in [-0.2, 0) is 21.9 Å². The first-order valence-corrected chi connectivity index (χ1v) is 8.63. The number of likely N-dealkylation sites (tertiary alicyclic amines) is 1. The van der Waals surface area contributed by atoms with Crippen LogP contribution in [0.4, 0.5) is 0 Å². The minimum atomic E-state index is -3.78. The molecule has 0 spiro atoms. The van der Waals surface area contributed by atoms with Crippen LogP contribution in [-0.4, -0.2) is 55.0 Å². The number of imidazole rings is 1. The maximum atomic E-state index is 12.1. The molecule has 132 valence electrons. The average Bonchev–Trinajstić information content (AvgIpc) is 3.02. The molecule has 8 nitrogen and oxygen atoms in total. The SMILES string of the molecule is Cc1nc(S(=O)(=O)NCC(=O)N2CCC(C)(CN)C2)cn1C.Cl. The van der Waals surface area contributed by atoms with E-state index in [0.29, 0.717) is 25.5 Å². The van der Waals surface area contributed by atoms with Gasteiger partial charge in [-0.2, -0.15) is 0 Å². The highest BCUT2D eigenvalue weighted by atomic mass is 35.5. The lowest BCUT2D eigenvalue weighted by Crippen LogP contribution is -2.40. The number of hydrogen-bond donors (Lipinski definition) is 2. The van der Waals surface area contributed by atoms with Gasteiger partial charge >= 0.3 is 0 Å². The second kappa shape index (κ2) is 7.16. The highest BCUT2D eigenvalue weighted by Crippen LogP contribution is 2.28. The molecule has 23 heavy (non-hydrogen) atoms. The zero-order chi connectivity index (χ0) is 16.5. The molecule has 1 amide bonds. The summed E-state index contributed by atoms with van der Waals surface area (Å²) >= 11 is 0. The highest BCUT2D eigenvalue weighted by Gasteiger charge is 2.35. The summed E-state index contributed by atoms with van der Waals surface area (Å²) in [6, 6.07) is 0. The number of nitrogens with two attached hydrogens (primary N) is 1. The van der Waals surface area contributed by atoms with Gasteiger partial charge in [0, 0.05) is 26.3 Å². The summed E-state index contributed by atoms with van der Waals surface area (Å²) in [5.41, 5.74) is 5.63. The topological polar surface area (TPSA) is 110 Å². The number of hydrogen-bond acceptors (Lipinski definition) is 5. The van der Waals surface area contributed by atoms with Gasteiger partial charge in [-0.1, -0.05) is 6.92 Å². The molecular weight excluding hydrogens is 342 g/mol. The third-order valence-corrected chi connectivity index (χ3v) is 5.45. The van der Waals surface area contributed by atoms with E-state index in [2.05, 4.69) is 9.71 Å². The summed E-state index contributed by atoms with van der Waals surface area (Å²) in [5, 5.41) is -0.0754. The summed E-state index contributed by atoms with van der Waals surface area (Å²) in [7, 11) is -2.06. The van der Waals surface area contributed by atoms with Gasteiger partial charge in [-0.05, 0) is 25.3 Å². The Morgan fingerprint density at radius 3 is 2.65 bits per heavy atom. The van der Waals surface area contributed by atoms with Crippen molar-refractivity contribution in [2.45, 2.75) is 25.3 Å². The number of halogens is 1. The Hall–Kier alpha value is -1.16. The van der Waals surface area contributed by atoms with Gasteiger partial charge in [0.05, 0.1) is 6.54 Å². The number of rotatable bonds is 5. The molecule has 0 aliphatic carbocycles. The Morgan fingerprint density at radius 1 is 1.52 bits per heavy atom. The van der Waals surface area contributed by atoms with Gasteiger partial charge in [-0.25, -0.2) is 18.1 Å². The third kappa shape index (κ3) is 4.43. The largest absolute Gasteiger partial charge is 0.341 e. The summed E-state index contributed by atoms with van der Waals surface area (Å²) in [6.07, 6.45) is 2.25. The quantitative estimate of drug-likeness (QED) is 0.739. The van der Waals surface area contributed by atoms with Crippen LogP contribution in [0.1, 0.15) is 19.2 Å². The molecule has 3 N–H and O–H groups in total. The molecular formula is C13H24ClN5O3S. The number of aryl methyl sites for hydroxylation is 2. The van der Waals surface area contributed by atoms with E-state index in [0.717, 1.165) is 6.42 Å². The Labute approximate surface area is 142 Å². The van der Waals surface area contributed by atoms with Crippen molar-refractivity contribution in [1.29, 1.82) is 0 Å². The van der Waals surface area contributed by atoms with E-state index in [1.807, 2.05) is 6.92 Å². The molecule has 1 unspecified atom stereocenters. The van der Waals surface area contributed by atoms with Gasteiger partial charge in [0.25, 0.3) is 10.0 Å². The van der Waals surface area contributed by atoms with Gasteiger partial charge in [0.1, 0.15) is 5.82 Å². The molecule has 2 heterocycles. The Balaban J connectivity index is 0.00000264. The lowest BCUT2D eigenvalue weighted by molar-refractivity contribution is -0.129. The van der Waals surface area contributed by atoms with Crippen LogP contribution >= 0.6 is 12.4 Å². The van der Waals surface area contributed by atoms with Crippen LogP contribution in [0.3, 0.4) is 0 Å². The second-order valence-corrected chi connectivity index (χ2v) is 7.86. The average molecular weight is 366 g/mol. The van der Waals surface area contributed by atoms with E-state index >= 15 is 0 Å². The fraction of sp³-hybridized carbons (Fsp3) is 0.692. The van der Waals surface area contributed by atoms with Crippen LogP contribution < -0.4 is 10.5 Å². The minimum Gasteiger partial charge on any atom is -0.341 e. The molecule has 1 aromatic rings. The number of carbonyl (C=O) groups is 1.